The first kappa shape index (κ1) is 9.01. The maximum Gasteiger partial charge on any atom is 0.0890 e. The maximum atomic E-state index is 10.1. The average molecular weight is 178 g/mol. The first-order chi connectivity index (χ1) is 6.26. The first-order valence-electron chi connectivity index (χ1n) is 5.31. The van der Waals surface area contributed by atoms with E-state index in [4.69, 9.17) is 0 Å². The van der Waals surface area contributed by atoms with Crippen molar-refractivity contribution in [2.45, 2.75) is 44.1 Å². The molecule has 1 nitrogen and oxygen atoms in total. The van der Waals surface area contributed by atoms with Gasteiger partial charge in [-0.25, -0.2) is 0 Å². The minimum Gasteiger partial charge on any atom is -0.385 e. The monoisotopic (exact) mass is 178 g/mol. The van der Waals surface area contributed by atoms with Crippen LogP contribution in [0.3, 0.4) is 0 Å². The highest BCUT2D eigenvalue weighted by molar-refractivity contribution is 5.23. The second-order valence-corrected chi connectivity index (χ2v) is 4.31. The van der Waals surface area contributed by atoms with E-state index in [0.717, 1.165) is 12.8 Å². The summed E-state index contributed by atoms with van der Waals surface area (Å²) in [7, 11) is 0. The van der Waals surface area contributed by atoms with Crippen LogP contribution in [0.25, 0.3) is 0 Å². The van der Waals surface area contributed by atoms with Crippen molar-refractivity contribution in [3.63, 3.8) is 0 Å². The predicted molar refractivity (Wildman–Crippen MR) is 54.4 cm³/mol. The van der Waals surface area contributed by atoms with Gasteiger partial charge in [-0.2, -0.15) is 0 Å². The van der Waals surface area contributed by atoms with Gasteiger partial charge in [-0.15, -0.1) is 6.58 Å². The van der Waals surface area contributed by atoms with Gasteiger partial charge in [0.15, 0.2) is 0 Å². The zero-order valence-corrected chi connectivity index (χ0v) is 8.13. The second kappa shape index (κ2) is 3.30. The van der Waals surface area contributed by atoms with Gasteiger partial charge < -0.3 is 5.11 Å². The highest BCUT2D eigenvalue weighted by atomic mass is 16.3. The molecule has 2 rings (SSSR count). The molecule has 0 radical (unpaired) electrons. The summed E-state index contributed by atoms with van der Waals surface area (Å²) in [6.45, 7) is 3.72. The maximum absolute atomic E-state index is 10.1. The predicted octanol–water partition coefficient (Wildman–Crippen LogP) is 2.81. The van der Waals surface area contributed by atoms with Crippen LogP contribution in [-0.2, 0) is 0 Å². The molecule has 0 aliphatic heterocycles. The zero-order chi connectivity index (χ0) is 9.31. The summed E-state index contributed by atoms with van der Waals surface area (Å²) in [5.74, 6) is 0.394. The lowest BCUT2D eigenvalue weighted by Gasteiger charge is -2.45. The lowest BCUT2D eigenvalue weighted by atomic mass is 9.64. The molecule has 2 aliphatic carbocycles. The smallest absolute Gasteiger partial charge is 0.0890 e. The normalized spacial score (nSPS) is 39.2. The molecule has 0 aromatic carbocycles. The molecule has 0 aromatic heterocycles. The van der Waals surface area contributed by atoms with Crippen LogP contribution in [0.15, 0.2) is 24.3 Å². The van der Waals surface area contributed by atoms with Crippen molar-refractivity contribution >= 4 is 0 Å². The van der Waals surface area contributed by atoms with Crippen LogP contribution in [0.5, 0.6) is 0 Å². The Labute approximate surface area is 80.2 Å². The number of hydrogen-bond donors (Lipinski definition) is 1. The van der Waals surface area contributed by atoms with E-state index in [2.05, 4.69) is 12.7 Å². The molecule has 0 bridgehead atoms. The molecule has 1 fully saturated rings. The van der Waals surface area contributed by atoms with Crippen molar-refractivity contribution in [2.75, 3.05) is 0 Å². The Morgan fingerprint density at radius 2 is 2.38 bits per heavy atom. The number of rotatable bonds is 2. The number of aliphatic hydroxyl groups is 1. The summed E-state index contributed by atoms with van der Waals surface area (Å²) in [6, 6.07) is 0. The van der Waals surface area contributed by atoms with Crippen LogP contribution in [0, 0.1) is 5.92 Å². The molecule has 1 heteroatoms. The fourth-order valence-corrected chi connectivity index (χ4v) is 2.51. The van der Waals surface area contributed by atoms with Crippen LogP contribution in [0.2, 0.25) is 0 Å². The molecular weight excluding hydrogens is 160 g/mol. The van der Waals surface area contributed by atoms with Gasteiger partial charge in [0.05, 0.1) is 5.60 Å². The molecule has 1 N–H and O–H groups in total. The third kappa shape index (κ3) is 1.46. The van der Waals surface area contributed by atoms with Gasteiger partial charge in [-0.3, -0.25) is 0 Å². The van der Waals surface area contributed by atoms with Crippen molar-refractivity contribution in [3.8, 4) is 0 Å². The summed E-state index contributed by atoms with van der Waals surface area (Å²) in [5, 5.41) is 10.1. The fourth-order valence-electron chi connectivity index (χ4n) is 2.51. The SMILES string of the molecule is C=C[C@]1(O)CC[C@H]1C1=CCCCC1. The Bertz CT molecular complexity index is 242. The molecule has 0 aromatic rings. The van der Waals surface area contributed by atoms with Crippen LogP contribution >= 0.6 is 0 Å². The standard InChI is InChI=1S/C12H18O/c1-2-12(13)9-8-11(12)10-6-4-3-5-7-10/h2,6,11,13H,1,3-5,7-9H2/t11-,12-/m0/s1. The van der Waals surface area contributed by atoms with E-state index in [1.54, 1.807) is 6.08 Å². The molecule has 72 valence electrons. The van der Waals surface area contributed by atoms with E-state index in [9.17, 15) is 5.11 Å². The van der Waals surface area contributed by atoms with Crippen molar-refractivity contribution in [1.29, 1.82) is 0 Å². The Kier molecular flexibility index (Phi) is 2.29. The molecular formula is C12H18O. The van der Waals surface area contributed by atoms with E-state index in [0.29, 0.717) is 5.92 Å². The second-order valence-electron chi connectivity index (χ2n) is 4.31. The van der Waals surface area contributed by atoms with Crippen molar-refractivity contribution in [2.24, 2.45) is 5.92 Å². The van der Waals surface area contributed by atoms with Crippen LogP contribution in [0.4, 0.5) is 0 Å². The highest BCUT2D eigenvalue weighted by Crippen LogP contribution is 2.46. The lowest BCUT2D eigenvalue weighted by Crippen LogP contribution is -2.46. The van der Waals surface area contributed by atoms with Gasteiger partial charge in [-0.05, 0) is 38.5 Å². The van der Waals surface area contributed by atoms with Crippen LogP contribution < -0.4 is 0 Å². The summed E-state index contributed by atoms with van der Waals surface area (Å²) < 4.78 is 0. The molecule has 0 amide bonds. The lowest BCUT2D eigenvalue weighted by molar-refractivity contribution is -0.0352. The molecule has 0 spiro atoms. The molecule has 2 atom stereocenters. The average Bonchev–Trinajstić information content (AvgIpc) is 2.17. The minimum absolute atomic E-state index is 0.394. The van der Waals surface area contributed by atoms with E-state index in [1.165, 1.54) is 31.3 Å². The van der Waals surface area contributed by atoms with Crippen molar-refractivity contribution in [1.82, 2.24) is 0 Å². The van der Waals surface area contributed by atoms with E-state index < -0.39 is 5.60 Å². The first-order valence-corrected chi connectivity index (χ1v) is 5.31. The summed E-state index contributed by atoms with van der Waals surface area (Å²) in [5.41, 5.74) is 0.920. The van der Waals surface area contributed by atoms with Crippen LogP contribution in [0.1, 0.15) is 38.5 Å². The van der Waals surface area contributed by atoms with E-state index >= 15 is 0 Å². The van der Waals surface area contributed by atoms with Crippen LogP contribution in [-0.4, -0.2) is 10.7 Å². The third-order valence-electron chi connectivity index (χ3n) is 3.56. The Morgan fingerprint density at radius 1 is 1.54 bits per heavy atom. The Morgan fingerprint density at radius 3 is 2.85 bits per heavy atom. The van der Waals surface area contributed by atoms with Gasteiger partial charge in [0.25, 0.3) is 0 Å². The van der Waals surface area contributed by atoms with Gasteiger partial charge in [-0.1, -0.05) is 17.7 Å². The Balaban J connectivity index is 2.08. The summed E-state index contributed by atoms with van der Waals surface area (Å²) in [4.78, 5) is 0. The van der Waals surface area contributed by atoms with Gasteiger partial charge in [0, 0.05) is 5.92 Å². The topological polar surface area (TPSA) is 20.2 Å². The third-order valence-corrected chi connectivity index (χ3v) is 3.56. The van der Waals surface area contributed by atoms with E-state index in [1.807, 2.05) is 0 Å². The summed E-state index contributed by atoms with van der Waals surface area (Å²) in [6.07, 6.45) is 11.1. The quantitative estimate of drug-likeness (QED) is 0.645. The molecule has 2 aliphatic rings. The van der Waals surface area contributed by atoms with Crippen molar-refractivity contribution < 1.29 is 5.11 Å². The zero-order valence-electron chi connectivity index (χ0n) is 8.13. The Hall–Kier alpha value is -0.560. The molecule has 0 unspecified atom stereocenters. The largest absolute Gasteiger partial charge is 0.385 e. The summed E-state index contributed by atoms with van der Waals surface area (Å²) >= 11 is 0. The molecule has 0 saturated heterocycles. The molecule has 13 heavy (non-hydrogen) atoms. The minimum atomic E-state index is -0.566. The van der Waals surface area contributed by atoms with Crippen molar-refractivity contribution in [3.05, 3.63) is 24.3 Å². The molecule has 1 saturated carbocycles. The fraction of sp³-hybridized carbons (Fsp3) is 0.667. The van der Waals surface area contributed by atoms with Gasteiger partial charge in [0.2, 0.25) is 0 Å². The number of hydrogen-bond acceptors (Lipinski definition) is 1. The van der Waals surface area contributed by atoms with Gasteiger partial charge >= 0.3 is 0 Å². The number of allylic oxidation sites excluding steroid dienone is 1. The highest BCUT2D eigenvalue weighted by Gasteiger charge is 2.44. The molecule has 0 heterocycles. The van der Waals surface area contributed by atoms with Gasteiger partial charge in [0.1, 0.15) is 0 Å². The van der Waals surface area contributed by atoms with E-state index in [-0.39, 0.29) is 0 Å².